The Balaban J connectivity index is 3.44. The quantitative estimate of drug-likeness (QED) is 0.671. The van der Waals surface area contributed by atoms with E-state index in [0.29, 0.717) is 6.20 Å². The summed E-state index contributed by atoms with van der Waals surface area (Å²) in [5, 5.41) is -0.0883. The minimum atomic E-state index is -4.79. The van der Waals surface area contributed by atoms with Gasteiger partial charge in [0.25, 0.3) is 6.43 Å². The van der Waals surface area contributed by atoms with E-state index in [9.17, 15) is 22.0 Å². The number of nitrogens with zero attached hydrogens (tertiary/aromatic N) is 1. The van der Waals surface area contributed by atoms with E-state index in [4.69, 9.17) is 5.73 Å². The molecule has 1 aromatic rings. The summed E-state index contributed by atoms with van der Waals surface area (Å²) in [5.41, 5.74) is 1.72. The van der Waals surface area contributed by atoms with Crippen LogP contribution in [0.1, 0.15) is 23.2 Å². The Hall–Kier alpha value is -0.920. The number of hydrogen-bond donors (Lipinski definition) is 1. The molecule has 2 nitrogen and oxygen atoms in total. The second kappa shape index (κ2) is 4.52. The van der Waals surface area contributed by atoms with Gasteiger partial charge in [0.1, 0.15) is 0 Å². The number of pyridine rings is 1. The van der Waals surface area contributed by atoms with Gasteiger partial charge >= 0.3 is 6.18 Å². The molecule has 0 spiro atoms. The average Bonchev–Trinajstić information content (AvgIpc) is 2.14. The van der Waals surface area contributed by atoms with Crippen molar-refractivity contribution in [2.45, 2.75) is 17.9 Å². The lowest BCUT2D eigenvalue weighted by molar-refractivity contribution is -0.137. The van der Waals surface area contributed by atoms with Crippen LogP contribution in [-0.4, -0.2) is 4.98 Å². The molecular weight excluding hydrogens is 299 g/mol. The van der Waals surface area contributed by atoms with Crippen LogP contribution in [0.15, 0.2) is 6.20 Å². The summed E-state index contributed by atoms with van der Waals surface area (Å²) in [6.45, 7) is 0. The van der Waals surface area contributed by atoms with Gasteiger partial charge in [0.15, 0.2) is 0 Å². The fraction of sp³-hybridized carbons (Fsp3) is 0.375. The van der Waals surface area contributed by atoms with E-state index in [1.807, 2.05) is 0 Å². The second-order valence-corrected chi connectivity index (χ2v) is 3.44. The van der Waals surface area contributed by atoms with Gasteiger partial charge in [0.05, 0.1) is 22.5 Å². The summed E-state index contributed by atoms with van der Waals surface area (Å²) in [7, 11) is 0. The number of anilines is 1. The summed E-state index contributed by atoms with van der Waals surface area (Å²) in [4.78, 5) is 3.32. The molecule has 0 bridgehead atoms. The number of alkyl halides is 6. The molecule has 1 heterocycles. The van der Waals surface area contributed by atoms with Gasteiger partial charge in [-0.25, -0.2) is 8.78 Å². The Morgan fingerprint density at radius 3 is 2.31 bits per heavy atom. The molecule has 2 N–H and O–H groups in total. The van der Waals surface area contributed by atoms with Crippen LogP contribution in [0, 0.1) is 0 Å². The molecule has 0 amide bonds. The number of halogens is 6. The van der Waals surface area contributed by atoms with Crippen LogP contribution in [0.3, 0.4) is 0 Å². The summed E-state index contributed by atoms with van der Waals surface area (Å²) < 4.78 is 62.1. The second-order valence-electron chi connectivity index (χ2n) is 2.88. The smallest absolute Gasteiger partial charge is 0.398 e. The Kier molecular flexibility index (Phi) is 3.72. The monoisotopic (exact) mass is 304 g/mol. The summed E-state index contributed by atoms with van der Waals surface area (Å²) >= 11 is 2.85. The molecule has 0 aliphatic carbocycles. The van der Waals surface area contributed by atoms with Crippen molar-refractivity contribution >= 4 is 21.6 Å². The zero-order valence-corrected chi connectivity index (χ0v) is 9.24. The van der Waals surface area contributed by atoms with Crippen LogP contribution in [-0.2, 0) is 11.5 Å². The van der Waals surface area contributed by atoms with Crippen molar-refractivity contribution < 1.29 is 22.0 Å². The average molecular weight is 305 g/mol. The van der Waals surface area contributed by atoms with E-state index in [0.717, 1.165) is 0 Å². The predicted octanol–water partition coefficient (Wildman–Crippen LogP) is 3.52. The summed E-state index contributed by atoms with van der Waals surface area (Å²) in [6.07, 6.45) is -7.43. The first-order valence-electron chi connectivity index (χ1n) is 3.97. The normalized spacial score (nSPS) is 12.2. The molecular formula is C8H6BrF5N2. The molecule has 1 rings (SSSR count). The molecule has 0 aromatic carbocycles. The van der Waals surface area contributed by atoms with Crippen molar-refractivity contribution in [1.82, 2.24) is 4.98 Å². The van der Waals surface area contributed by atoms with Gasteiger partial charge in [0.2, 0.25) is 0 Å². The molecule has 90 valence electrons. The maximum atomic E-state index is 12.5. The molecule has 0 fully saturated rings. The molecule has 0 atom stereocenters. The Morgan fingerprint density at radius 1 is 1.38 bits per heavy atom. The van der Waals surface area contributed by atoms with E-state index in [-0.39, 0.29) is 11.0 Å². The Bertz CT molecular complexity index is 391. The number of nitrogen functional groups attached to an aromatic ring is 1. The van der Waals surface area contributed by atoms with E-state index in [1.54, 1.807) is 0 Å². The van der Waals surface area contributed by atoms with Gasteiger partial charge in [-0.1, -0.05) is 15.9 Å². The van der Waals surface area contributed by atoms with Crippen LogP contribution in [0.5, 0.6) is 0 Å². The van der Waals surface area contributed by atoms with Gasteiger partial charge in [-0.05, 0) is 0 Å². The predicted molar refractivity (Wildman–Crippen MR) is 51.2 cm³/mol. The zero-order chi connectivity index (χ0) is 12.5. The van der Waals surface area contributed by atoms with Crippen molar-refractivity contribution in [3.63, 3.8) is 0 Å². The van der Waals surface area contributed by atoms with Crippen molar-refractivity contribution in [1.29, 1.82) is 0 Å². The molecule has 8 heteroatoms. The highest BCUT2D eigenvalue weighted by Gasteiger charge is 2.36. The summed E-state index contributed by atoms with van der Waals surface area (Å²) in [5.74, 6) is 0. The molecule has 0 saturated carbocycles. The fourth-order valence-corrected chi connectivity index (χ4v) is 1.60. The standard InChI is InChI=1S/C8H6BrF5N2/c9-1-4-5(7(10)11)6(15)3(2-16-4)8(12,13)14/h2,7H,1H2,(H2,15,16). The number of nitrogens with two attached hydrogens (primary N) is 1. The first-order chi connectivity index (χ1) is 7.29. The van der Waals surface area contributed by atoms with Crippen LogP contribution >= 0.6 is 15.9 Å². The molecule has 0 radical (unpaired) electrons. The SMILES string of the molecule is Nc1c(C(F)(F)F)cnc(CBr)c1C(F)F. The third kappa shape index (κ3) is 2.42. The van der Waals surface area contributed by atoms with Gasteiger partial charge in [-0.15, -0.1) is 0 Å². The first-order valence-corrected chi connectivity index (χ1v) is 5.09. The van der Waals surface area contributed by atoms with Gasteiger partial charge in [-0.3, -0.25) is 4.98 Å². The first kappa shape index (κ1) is 13.1. The maximum absolute atomic E-state index is 12.5. The molecule has 1 aromatic heterocycles. The third-order valence-corrected chi connectivity index (χ3v) is 2.42. The van der Waals surface area contributed by atoms with Crippen LogP contribution in [0.25, 0.3) is 0 Å². The van der Waals surface area contributed by atoms with Gasteiger partial charge in [0, 0.05) is 11.5 Å². The molecule has 0 aliphatic heterocycles. The number of rotatable bonds is 2. The lowest BCUT2D eigenvalue weighted by Crippen LogP contribution is -2.14. The minimum Gasteiger partial charge on any atom is -0.398 e. The largest absolute Gasteiger partial charge is 0.419 e. The van der Waals surface area contributed by atoms with E-state index >= 15 is 0 Å². The highest BCUT2D eigenvalue weighted by atomic mass is 79.9. The number of hydrogen-bond acceptors (Lipinski definition) is 2. The minimum absolute atomic E-state index is 0.0883. The number of aromatic nitrogens is 1. The Labute approximate surface area is 95.8 Å². The Morgan fingerprint density at radius 2 is 1.94 bits per heavy atom. The maximum Gasteiger partial charge on any atom is 0.419 e. The van der Waals surface area contributed by atoms with Crippen molar-refractivity contribution in [2.75, 3.05) is 5.73 Å². The lowest BCUT2D eigenvalue weighted by Gasteiger charge is -2.15. The lowest BCUT2D eigenvalue weighted by atomic mass is 10.1. The van der Waals surface area contributed by atoms with Gasteiger partial charge < -0.3 is 5.73 Å². The third-order valence-electron chi connectivity index (χ3n) is 1.89. The van der Waals surface area contributed by atoms with E-state index in [1.165, 1.54) is 0 Å². The zero-order valence-electron chi connectivity index (χ0n) is 7.65. The molecule has 16 heavy (non-hydrogen) atoms. The van der Waals surface area contributed by atoms with Crippen LogP contribution < -0.4 is 5.73 Å². The van der Waals surface area contributed by atoms with Crippen molar-refractivity contribution in [3.8, 4) is 0 Å². The van der Waals surface area contributed by atoms with Crippen LogP contribution in [0.2, 0.25) is 0 Å². The fourth-order valence-electron chi connectivity index (χ4n) is 1.16. The molecule has 0 unspecified atom stereocenters. The van der Waals surface area contributed by atoms with Gasteiger partial charge in [-0.2, -0.15) is 13.2 Å². The summed E-state index contributed by atoms with van der Waals surface area (Å²) in [6, 6.07) is 0. The topological polar surface area (TPSA) is 38.9 Å². The highest BCUT2D eigenvalue weighted by Crippen LogP contribution is 2.38. The van der Waals surface area contributed by atoms with Crippen molar-refractivity contribution in [2.24, 2.45) is 0 Å². The van der Waals surface area contributed by atoms with E-state index < -0.39 is 29.4 Å². The molecule has 0 saturated heterocycles. The van der Waals surface area contributed by atoms with Crippen LogP contribution in [0.4, 0.5) is 27.6 Å². The van der Waals surface area contributed by atoms with E-state index in [2.05, 4.69) is 20.9 Å². The molecule has 0 aliphatic rings. The highest BCUT2D eigenvalue weighted by molar-refractivity contribution is 9.08. The van der Waals surface area contributed by atoms with Crippen molar-refractivity contribution in [3.05, 3.63) is 23.0 Å².